The number of benzene rings is 1. The number of rotatable bonds is 1. The highest BCUT2D eigenvalue weighted by molar-refractivity contribution is 14.1. The molecule has 0 atom stereocenters. The summed E-state index contributed by atoms with van der Waals surface area (Å²) in [5, 5.41) is 9.38. The second-order valence-corrected chi connectivity index (χ2v) is 3.96. The zero-order valence-electron chi connectivity index (χ0n) is 7.52. The first kappa shape index (κ1) is 12.3. The summed E-state index contributed by atoms with van der Waals surface area (Å²) in [6.07, 6.45) is -4.52. The van der Waals surface area contributed by atoms with E-state index in [0.29, 0.717) is 0 Å². The lowest BCUT2D eigenvalue weighted by Gasteiger charge is -2.11. The third-order valence-corrected chi connectivity index (χ3v) is 2.89. The van der Waals surface area contributed by atoms with Gasteiger partial charge in [-0.3, -0.25) is 4.79 Å². The molecule has 1 rings (SSSR count). The van der Waals surface area contributed by atoms with Gasteiger partial charge in [-0.2, -0.15) is 13.2 Å². The molecule has 1 aromatic carbocycles. The van der Waals surface area contributed by atoms with E-state index in [-0.39, 0.29) is 9.13 Å². The number of Topliss-reactive ketones (excluding diaryl/α,β-unsaturated/α-hetero) is 1. The number of hydrogen-bond donors (Lipinski definition) is 1. The van der Waals surface area contributed by atoms with Gasteiger partial charge in [-0.05, 0) is 41.6 Å². The van der Waals surface area contributed by atoms with Crippen LogP contribution in [0.2, 0.25) is 0 Å². The summed E-state index contributed by atoms with van der Waals surface area (Å²) in [7, 11) is 0. The number of carbonyl (C=O) groups excluding carboxylic acids is 1. The highest BCUT2D eigenvalue weighted by Crippen LogP contribution is 2.38. The van der Waals surface area contributed by atoms with Crippen molar-refractivity contribution in [3.63, 3.8) is 0 Å². The van der Waals surface area contributed by atoms with E-state index in [9.17, 15) is 23.1 Å². The van der Waals surface area contributed by atoms with Crippen LogP contribution in [0, 0.1) is 3.57 Å². The van der Waals surface area contributed by atoms with E-state index < -0.39 is 23.3 Å². The SMILES string of the molecule is CC(=O)c1ccc(C(F)(F)F)c(I)c1O. The Bertz CT molecular complexity index is 413. The van der Waals surface area contributed by atoms with Crippen LogP contribution in [0.25, 0.3) is 0 Å². The largest absolute Gasteiger partial charge is 0.506 e. The average Bonchev–Trinajstić information content (AvgIpc) is 2.06. The van der Waals surface area contributed by atoms with E-state index in [1.54, 1.807) is 0 Å². The fraction of sp³-hybridized carbons (Fsp3) is 0.222. The lowest BCUT2D eigenvalue weighted by Crippen LogP contribution is -2.09. The van der Waals surface area contributed by atoms with E-state index in [2.05, 4.69) is 0 Å². The molecule has 0 spiro atoms. The zero-order valence-corrected chi connectivity index (χ0v) is 9.68. The lowest BCUT2D eigenvalue weighted by atomic mass is 10.1. The Labute approximate surface area is 97.2 Å². The quantitative estimate of drug-likeness (QED) is 0.634. The van der Waals surface area contributed by atoms with Gasteiger partial charge in [-0.1, -0.05) is 0 Å². The van der Waals surface area contributed by atoms with Crippen molar-refractivity contribution >= 4 is 28.4 Å². The van der Waals surface area contributed by atoms with Gasteiger partial charge >= 0.3 is 6.18 Å². The molecule has 15 heavy (non-hydrogen) atoms. The third kappa shape index (κ3) is 2.42. The summed E-state index contributed by atoms with van der Waals surface area (Å²) >= 11 is 1.37. The van der Waals surface area contributed by atoms with Gasteiger partial charge in [-0.15, -0.1) is 0 Å². The van der Waals surface area contributed by atoms with E-state index in [1.807, 2.05) is 0 Å². The molecule has 6 heteroatoms. The summed E-state index contributed by atoms with van der Waals surface area (Å²) in [4.78, 5) is 10.9. The Hall–Kier alpha value is -0.790. The molecule has 0 bridgehead atoms. The maximum absolute atomic E-state index is 12.4. The molecule has 0 aliphatic rings. The Morgan fingerprint density at radius 2 is 1.93 bits per heavy atom. The van der Waals surface area contributed by atoms with Crippen LogP contribution >= 0.6 is 22.6 Å². The predicted molar refractivity (Wildman–Crippen MR) is 55.8 cm³/mol. The molecule has 0 saturated heterocycles. The number of ketones is 1. The van der Waals surface area contributed by atoms with E-state index >= 15 is 0 Å². The first-order chi connectivity index (χ1) is 6.75. The highest BCUT2D eigenvalue weighted by atomic mass is 127. The standard InChI is InChI=1S/C9H6F3IO2/c1-4(14)5-2-3-6(9(10,11)12)7(13)8(5)15/h2-3,15H,1H3. The van der Waals surface area contributed by atoms with Crippen LogP contribution in [0.1, 0.15) is 22.8 Å². The number of alkyl halides is 3. The highest BCUT2D eigenvalue weighted by Gasteiger charge is 2.34. The zero-order chi connectivity index (χ0) is 11.8. The summed E-state index contributed by atoms with van der Waals surface area (Å²) in [5.74, 6) is -1.09. The van der Waals surface area contributed by atoms with Gasteiger partial charge in [0.1, 0.15) is 5.75 Å². The van der Waals surface area contributed by atoms with Gasteiger partial charge in [0.25, 0.3) is 0 Å². The molecule has 0 aromatic heterocycles. The lowest BCUT2D eigenvalue weighted by molar-refractivity contribution is -0.138. The third-order valence-electron chi connectivity index (χ3n) is 1.80. The van der Waals surface area contributed by atoms with Crippen LogP contribution in [0.4, 0.5) is 13.2 Å². The summed E-state index contributed by atoms with van der Waals surface area (Å²) in [6, 6.07) is 1.76. The van der Waals surface area contributed by atoms with E-state index in [1.165, 1.54) is 29.5 Å². The molecule has 0 unspecified atom stereocenters. The maximum Gasteiger partial charge on any atom is 0.417 e. The van der Waals surface area contributed by atoms with Crippen molar-refractivity contribution in [3.05, 3.63) is 26.8 Å². The second-order valence-electron chi connectivity index (χ2n) is 2.88. The molecule has 0 saturated carbocycles. The van der Waals surface area contributed by atoms with Crippen LogP contribution < -0.4 is 0 Å². The van der Waals surface area contributed by atoms with Crippen molar-refractivity contribution in [1.29, 1.82) is 0 Å². The topological polar surface area (TPSA) is 37.3 Å². The molecule has 82 valence electrons. The number of phenolic OH excluding ortho intramolecular Hbond substituents is 1. The fourth-order valence-electron chi connectivity index (χ4n) is 1.07. The van der Waals surface area contributed by atoms with Gasteiger partial charge < -0.3 is 5.11 Å². The molecular formula is C9H6F3IO2. The van der Waals surface area contributed by atoms with Crippen LogP contribution in [0.15, 0.2) is 12.1 Å². The minimum Gasteiger partial charge on any atom is -0.506 e. The number of carbonyl (C=O) groups is 1. The van der Waals surface area contributed by atoms with Crippen molar-refractivity contribution < 1.29 is 23.1 Å². The van der Waals surface area contributed by atoms with Crippen LogP contribution in [0.3, 0.4) is 0 Å². The van der Waals surface area contributed by atoms with Crippen LogP contribution in [-0.4, -0.2) is 10.9 Å². The second kappa shape index (κ2) is 3.99. The molecule has 2 nitrogen and oxygen atoms in total. The van der Waals surface area contributed by atoms with Gasteiger partial charge in [0, 0.05) is 0 Å². The fourth-order valence-corrected chi connectivity index (χ4v) is 1.84. The van der Waals surface area contributed by atoms with Gasteiger partial charge in [-0.25, -0.2) is 0 Å². The van der Waals surface area contributed by atoms with E-state index in [4.69, 9.17) is 0 Å². The van der Waals surface area contributed by atoms with Crippen LogP contribution in [0.5, 0.6) is 5.75 Å². The van der Waals surface area contributed by atoms with Gasteiger partial charge in [0.2, 0.25) is 0 Å². The number of phenols is 1. The molecule has 0 aliphatic heterocycles. The minimum atomic E-state index is -4.52. The maximum atomic E-state index is 12.4. The average molecular weight is 330 g/mol. The van der Waals surface area contributed by atoms with Crippen molar-refractivity contribution in [2.75, 3.05) is 0 Å². The van der Waals surface area contributed by atoms with Crippen molar-refractivity contribution in [3.8, 4) is 5.75 Å². The Kier molecular flexibility index (Phi) is 3.27. The number of aromatic hydroxyl groups is 1. The Balaban J connectivity index is 3.41. The van der Waals surface area contributed by atoms with Gasteiger partial charge in [0.15, 0.2) is 5.78 Å². The Morgan fingerprint density at radius 3 is 2.33 bits per heavy atom. The molecule has 1 aromatic rings. The molecular weight excluding hydrogens is 324 g/mol. The molecule has 0 fully saturated rings. The molecule has 0 amide bonds. The predicted octanol–water partition coefficient (Wildman–Crippen LogP) is 3.22. The summed E-state index contributed by atoms with van der Waals surface area (Å²) < 4.78 is 36.7. The first-order valence-electron chi connectivity index (χ1n) is 3.84. The Morgan fingerprint density at radius 1 is 1.40 bits per heavy atom. The van der Waals surface area contributed by atoms with E-state index in [0.717, 1.165) is 12.1 Å². The molecule has 0 heterocycles. The van der Waals surface area contributed by atoms with Crippen molar-refractivity contribution in [2.45, 2.75) is 13.1 Å². The molecule has 0 radical (unpaired) electrons. The molecule has 0 aliphatic carbocycles. The monoisotopic (exact) mass is 330 g/mol. The van der Waals surface area contributed by atoms with Crippen molar-refractivity contribution in [1.82, 2.24) is 0 Å². The number of halogens is 4. The normalized spacial score (nSPS) is 11.5. The summed E-state index contributed by atoms with van der Waals surface area (Å²) in [5.41, 5.74) is -1.04. The number of hydrogen-bond acceptors (Lipinski definition) is 2. The van der Waals surface area contributed by atoms with Crippen LogP contribution in [-0.2, 0) is 6.18 Å². The molecule has 1 N–H and O–H groups in total. The van der Waals surface area contributed by atoms with Gasteiger partial charge in [0.05, 0.1) is 14.7 Å². The minimum absolute atomic E-state index is 0.104. The first-order valence-corrected chi connectivity index (χ1v) is 4.92. The summed E-state index contributed by atoms with van der Waals surface area (Å²) in [6.45, 7) is 1.18. The smallest absolute Gasteiger partial charge is 0.417 e. The van der Waals surface area contributed by atoms with Crippen molar-refractivity contribution in [2.24, 2.45) is 0 Å².